The van der Waals surface area contributed by atoms with E-state index in [2.05, 4.69) is 15.6 Å². The monoisotopic (exact) mass is 345 g/mol. The molecular formula is C18H20ClN3O2. The predicted molar refractivity (Wildman–Crippen MR) is 94.2 cm³/mol. The van der Waals surface area contributed by atoms with Crippen LogP contribution in [0, 0.1) is 5.92 Å². The lowest BCUT2D eigenvalue weighted by molar-refractivity contribution is -0.120. The Morgan fingerprint density at radius 3 is 2.88 bits per heavy atom. The number of piperidine rings is 1. The SMILES string of the molecule is O=C(Nc1ccc(OCc2cccnc2)c(Cl)c1)C1CCNCC1. The summed E-state index contributed by atoms with van der Waals surface area (Å²) in [5, 5.41) is 6.67. The molecule has 1 fully saturated rings. The van der Waals surface area contributed by atoms with Gasteiger partial charge in [-0.3, -0.25) is 9.78 Å². The average molecular weight is 346 g/mol. The highest BCUT2D eigenvalue weighted by Gasteiger charge is 2.21. The second-order valence-electron chi connectivity index (χ2n) is 5.81. The van der Waals surface area contributed by atoms with Gasteiger partial charge in [-0.1, -0.05) is 17.7 Å². The Kier molecular flexibility index (Phi) is 5.67. The minimum absolute atomic E-state index is 0.0524. The van der Waals surface area contributed by atoms with Crippen LogP contribution in [0.25, 0.3) is 0 Å². The van der Waals surface area contributed by atoms with Crippen LogP contribution in [0.1, 0.15) is 18.4 Å². The Bertz CT molecular complexity index is 688. The summed E-state index contributed by atoms with van der Waals surface area (Å²) < 4.78 is 5.71. The maximum atomic E-state index is 12.3. The molecule has 0 spiro atoms. The highest BCUT2D eigenvalue weighted by Crippen LogP contribution is 2.29. The number of aromatic nitrogens is 1. The summed E-state index contributed by atoms with van der Waals surface area (Å²) in [6.07, 6.45) is 5.20. The van der Waals surface area contributed by atoms with E-state index in [1.54, 1.807) is 24.5 Å². The summed E-state index contributed by atoms with van der Waals surface area (Å²) in [4.78, 5) is 16.3. The van der Waals surface area contributed by atoms with Crippen LogP contribution >= 0.6 is 11.6 Å². The number of amides is 1. The van der Waals surface area contributed by atoms with E-state index in [1.165, 1.54) is 0 Å². The molecule has 5 nitrogen and oxygen atoms in total. The molecule has 0 bridgehead atoms. The topological polar surface area (TPSA) is 63.2 Å². The first kappa shape index (κ1) is 16.7. The van der Waals surface area contributed by atoms with Crippen LogP contribution in [0.15, 0.2) is 42.7 Å². The summed E-state index contributed by atoms with van der Waals surface area (Å²) in [5.74, 6) is 0.698. The van der Waals surface area contributed by atoms with Crippen LogP contribution in [0.4, 0.5) is 5.69 Å². The predicted octanol–water partition coefficient (Wildman–Crippen LogP) is 3.25. The molecule has 0 unspecified atom stereocenters. The van der Waals surface area contributed by atoms with Crippen LogP contribution in [0.2, 0.25) is 5.02 Å². The first-order chi connectivity index (χ1) is 11.7. The number of nitrogens with zero attached hydrogens (tertiary/aromatic N) is 1. The second-order valence-corrected chi connectivity index (χ2v) is 6.22. The molecule has 1 amide bonds. The van der Waals surface area contributed by atoms with Crippen LogP contribution in [-0.4, -0.2) is 24.0 Å². The molecule has 0 atom stereocenters. The highest BCUT2D eigenvalue weighted by atomic mass is 35.5. The Hall–Kier alpha value is -2.11. The summed E-state index contributed by atoms with van der Waals surface area (Å²) >= 11 is 6.26. The zero-order chi connectivity index (χ0) is 16.8. The third-order valence-corrected chi connectivity index (χ3v) is 4.32. The van der Waals surface area contributed by atoms with Gasteiger partial charge in [-0.25, -0.2) is 0 Å². The fourth-order valence-electron chi connectivity index (χ4n) is 2.67. The minimum atomic E-state index is 0.0524. The molecule has 2 aromatic rings. The highest BCUT2D eigenvalue weighted by molar-refractivity contribution is 6.32. The molecular weight excluding hydrogens is 326 g/mol. The molecule has 126 valence electrons. The molecule has 3 rings (SSSR count). The van der Waals surface area contributed by atoms with Crippen molar-refractivity contribution in [3.63, 3.8) is 0 Å². The van der Waals surface area contributed by atoms with Gasteiger partial charge in [-0.15, -0.1) is 0 Å². The third-order valence-electron chi connectivity index (χ3n) is 4.03. The standard InChI is InChI=1S/C18H20ClN3O2/c19-16-10-15(22-18(23)14-5-8-20-9-6-14)3-4-17(16)24-12-13-2-1-7-21-11-13/h1-4,7,10-11,14,20H,5-6,8-9,12H2,(H,22,23). The number of hydrogen-bond donors (Lipinski definition) is 2. The first-order valence-electron chi connectivity index (χ1n) is 8.05. The summed E-state index contributed by atoms with van der Waals surface area (Å²) in [6.45, 7) is 2.17. The van der Waals surface area contributed by atoms with E-state index in [0.717, 1.165) is 31.5 Å². The van der Waals surface area contributed by atoms with Gasteiger partial charge in [0.1, 0.15) is 12.4 Å². The lowest BCUT2D eigenvalue weighted by atomic mass is 9.97. The van der Waals surface area contributed by atoms with Crippen molar-refractivity contribution < 1.29 is 9.53 Å². The van der Waals surface area contributed by atoms with Crippen LogP contribution in [-0.2, 0) is 11.4 Å². The van der Waals surface area contributed by atoms with Crippen molar-refractivity contribution >= 4 is 23.2 Å². The Morgan fingerprint density at radius 1 is 1.33 bits per heavy atom. The van der Waals surface area contributed by atoms with Gasteiger partial charge in [0.15, 0.2) is 0 Å². The molecule has 0 radical (unpaired) electrons. The van der Waals surface area contributed by atoms with Crippen molar-refractivity contribution in [2.75, 3.05) is 18.4 Å². The van der Waals surface area contributed by atoms with Crippen molar-refractivity contribution in [3.8, 4) is 5.75 Å². The van der Waals surface area contributed by atoms with Gasteiger partial charge in [0.2, 0.25) is 5.91 Å². The van der Waals surface area contributed by atoms with Crippen molar-refractivity contribution in [3.05, 3.63) is 53.3 Å². The number of pyridine rings is 1. The molecule has 0 aliphatic carbocycles. The molecule has 1 saturated heterocycles. The third kappa shape index (κ3) is 4.46. The normalized spacial score (nSPS) is 15.0. The van der Waals surface area contributed by atoms with Crippen molar-refractivity contribution in [2.24, 2.45) is 5.92 Å². The molecule has 2 N–H and O–H groups in total. The van der Waals surface area contributed by atoms with Gasteiger partial charge in [0, 0.05) is 29.6 Å². The Labute approximate surface area is 146 Å². The van der Waals surface area contributed by atoms with E-state index >= 15 is 0 Å². The van der Waals surface area contributed by atoms with Gasteiger partial charge >= 0.3 is 0 Å². The lowest BCUT2D eigenvalue weighted by Crippen LogP contribution is -2.34. The van der Waals surface area contributed by atoms with Crippen molar-refractivity contribution in [1.82, 2.24) is 10.3 Å². The maximum Gasteiger partial charge on any atom is 0.227 e. The average Bonchev–Trinajstić information content (AvgIpc) is 2.62. The van der Waals surface area contributed by atoms with E-state index in [1.807, 2.05) is 18.2 Å². The van der Waals surface area contributed by atoms with Crippen LogP contribution in [0.5, 0.6) is 5.75 Å². The molecule has 1 aromatic heterocycles. The first-order valence-corrected chi connectivity index (χ1v) is 8.43. The Morgan fingerprint density at radius 2 is 2.17 bits per heavy atom. The van der Waals surface area contributed by atoms with Gasteiger partial charge < -0.3 is 15.4 Å². The number of nitrogens with one attached hydrogen (secondary N) is 2. The van der Waals surface area contributed by atoms with Gasteiger partial charge in [-0.05, 0) is 50.2 Å². The number of rotatable bonds is 5. The fourth-order valence-corrected chi connectivity index (χ4v) is 2.90. The Balaban J connectivity index is 1.58. The van der Waals surface area contributed by atoms with E-state index in [0.29, 0.717) is 23.1 Å². The number of hydrogen-bond acceptors (Lipinski definition) is 4. The van der Waals surface area contributed by atoms with Gasteiger partial charge in [-0.2, -0.15) is 0 Å². The summed E-state index contributed by atoms with van der Waals surface area (Å²) in [6, 6.07) is 9.10. The van der Waals surface area contributed by atoms with E-state index in [9.17, 15) is 4.79 Å². The van der Waals surface area contributed by atoms with Crippen LogP contribution < -0.4 is 15.4 Å². The lowest BCUT2D eigenvalue weighted by Gasteiger charge is -2.21. The smallest absolute Gasteiger partial charge is 0.227 e. The zero-order valence-corrected chi connectivity index (χ0v) is 14.1. The number of anilines is 1. The quantitative estimate of drug-likeness (QED) is 0.873. The van der Waals surface area contributed by atoms with E-state index < -0.39 is 0 Å². The summed E-state index contributed by atoms with van der Waals surface area (Å²) in [5.41, 5.74) is 1.66. The largest absolute Gasteiger partial charge is 0.487 e. The van der Waals surface area contributed by atoms with Gasteiger partial charge in [0.05, 0.1) is 5.02 Å². The number of ether oxygens (including phenoxy) is 1. The van der Waals surface area contributed by atoms with Gasteiger partial charge in [0.25, 0.3) is 0 Å². The summed E-state index contributed by atoms with van der Waals surface area (Å²) in [7, 11) is 0. The van der Waals surface area contributed by atoms with Crippen molar-refractivity contribution in [1.29, 1.82) is 0 Å². The second kappa shape index (κ2) is 8.13. The number of halogens is 1. The minimum Gasteiger partial charge on any atom is -0.487 e. The molecule has 1 aliphatic heterocycles. The van der Waals surface area contributed by atoms with E-state index in [-0.39, 0.29) is 11.8 Å². The van der Waals surface area contributed by atoms with Crippen molar-refractivity contribution in [2.45, 2.75) is 19.4 Å². The number of carbonyl (C=O) groups excluding carboxylic acids is 1. The molecule has 1 aliphatic rings. The molecule has 0 saturated carbocycles. The molecule has 6 heteroatoms. The fraction of sp³-hybridized carbons (Fsp3) is 0.333. The molecule has 24 heavy (non-hydrogen) atoms. The number of carbonyl (C=O) groups is 1. The molecule has 1 aromatic carbocycles. The molecule has 2 heterocycles. The van der Waals surface area contributed by atoms with Crippen LogP contribution in [0.3, 0.4) is 0 Å². The van der Waals surface area contributed by atoms with E-state index in [4.69, 9.17) is 16.3 Å². The zero-order valence-electron chi connectivity index (χ0n) is 13.3. The number of benzene rings is 1. The maximum absolute atomic E-state index is 12.3.